The largest absolute Gasteiger partial charge is 0.444 e. The van der Waals surface area contributed by atoms with Gasteiger partial charge in [0, 0.05) is 18.2 Å². The molecule has 1 fully saturated rings. The minimum atomic E-state index is -3.38. The van der Waals surface area contributed by atoms with Crippen LogP contribution in [0.3, 0.4) is 0 Å². The van der Waals surface area contributed by atoms with Gasteiger partial charge in [0.15, 0.2) is 9.84 Å². The Balaban J connectivity index is 2.36. The van der Waals surface area contributed by atoms with Crippen LogP contribution >= 0.6 is 0 Å². The van der Waals surface area contributed by atoms with Crippen LogP contribution in [0, 0.1) is 0 Å². The number of sulfone groups is 1. The molecule has 7 heteroatoms. The Hall–Kier alpha value is -1.60. The monoisotopic (exact) mass is 354 g/mol. The van der Waals surface area contributed by atoms with E-state index in [0.29, 0.717) is 0 Å². The maximum absolute atomic E-state index is 12.5. The average molecular weight is 354 g/mol. The summed E-state index contributed by atoms with van der Waals surface area (Å²) >= 11 is 0. The lowest BCUT2D eigenvalue weighted by atomic mass is 10.1. The summed E-state index contributed by atoms with van der Waals surface area (Å²) in [5.41, 5.74) is 5.06. The van der Waals surface area contributed by atoms with Crippen molar-refractivity contribution in [2.24, 2.45) is 5.73 Å². The molecular weight excluding hydrogens is 328 g/mol. The number of benzene rings is 1. The van der Waals surface area contributed by atoms with Crippen molar-refractivity contribution >= 4 is 15.9 Å². The van der Waals surface area contributed by atoms with Crippen molar-refractivity contribution in [2.75, 3.05) is 12.3 Å². The summed E-state index contributed by atoms with van der Waals surface area (Å²) in [6.45, 7) is 6.89. The smallest absolute Gasteiger partial charge is 0.408 e. The van der Waals surface area contributed by atoms with Crippen LogP contribution < -0.4 is 11.1 Å². The number of rotatable bonds is 5. The lowest BCUT2D eigenvalue weighted by molar-refractivity contribution is 0.0497. The maximum atomic E-state index is 12.5. The van der Waals surface area contributed by atoms with Crippen LogP contribution in [0.5, 0.6) is 0 Å². The van der Waals surface area contributed by atoms with Crippen LogP contribution in [0.15, 0.2) is 30.3 Å². The molecule has 3 atom stereocenters. The molecule has 1 saturated carbocycles. The first kappa shape index (κ1) is 18.7. The molecule has 1 aliphatic carbocycles. The van der Waals surface area contributed by atoms with Crippen LogP contribution in [0.4, 0.5) is 4.79 Å². The molecule has 3 N–H and O–H groups in total. The second kappa shape index (κ2) is 6.37. The van der Waals surface area contributed by atoms with Gasteiger partial charge in [-0.15, -0.1) is 0 Å². The quantitative estimate of drug-likeness (QED) is 0.840. The number of carbonyl (C=O) groups is 1. The van der Waals surface area contributed by atoms with Crippen LogP contribution in [0.1, 0.15) is 39.2 Å². The molecule has 0 heterocycles. The van der Waals surface area contributed by atoms with E-state index in [4.69, 9.17) is 10.5 Å². The van der Waals surface area contributed by atoms with E-state index in [2.05, 4.69) is 5.32 Å². The van der Waals surface area contributed by atoms with Gasteiger partial charge >= 0.3 is 6.09 Å². The lowest BCUT2D eigenvalue weighted by Gasteiger charge is -2.24. The van der Waals surface area contributed by atoms with E-state index < -0.39 is 32.3 Å². The van der Waals surface area contributed by atoms with Gasteiger partial charge in [-0.2, -0.15) is 0 Å². The van der Waals surface area contributed by atoms with E-state index in [0.717, 1.165) is 5.56 Å². The van der Waals surface area contributed by atoms with E-state index in [1.165, 1.54) is 0 Å². The van der Waals surface area contributed by atoms with Crippen molar-refractivity contribution < 1.29 is 17.9 Å². The molecule has 24 heavy (non-hydrogen) atoms. The fourth-order valence-corrected chi connectivity index (χ4v) is 5.22. The lowest BCUT2D eigenvalue weighted by Crippen LogP contribution is -2.49. The van der Waals surface area contributed by atoms with E-state index in [1.807, 2.05) is 30.3 Å². The van der Waals surface area contributed by atoms with Gasteiger partial charge in [-0.05, 0) is 26.3 Å². The maximum Gasteiger partial charge on any atom is 0.408 e. The van der Waals surface area contributed by atoms with E-state index in [9.17, 15) is 13.2 Å². The molecule has 0 spiro atoms. The Morgan fingerprint density at radius 1 is 1.29 bits per heavy atom. The second-order valence-corrected chi connectivity index (χ2v) is 9.54. The van der Waals surface area contributed by atoms with Gasteiger partial charge in [-0.25, -0.2) is 13.2 Å². The third-order valence-corrected chi connectivity index (χ3v) is 6.55. The van der Waals surface area contributed by atoms with Crippen molar-refractivity contribution in [2.45, 2.75) is 50.0 Å². The van der Waals surface area contributed by atoms with Crippen LogP contribution in [0.25, 0.3) is 0 Å². The molecule has 1 aromatic rings. The standard InChI is InChI=1S/C17H26N2O4S/c1-5-24(21,22)14-13(12-9-7-6-8-10-12)17(14,11-18)19-15(20)23-16(2,3)4/h6-10,13-14H,5,11,18H2,1-4H3,(H,19,20)/t13-,14+,17-/m1/s1. The first-order valence-corrected chi connectivity index (χ1v) is 9.76. The molecule has 0 saturated heterocycles. The SMILES string of the molecule is CCS(=O)(=O)[C@H]1[C@@H](c2ccccc2)[C@@]1(CN)NC(=O)OC(C)(C)C. The Morgan fingerprint density at radius 2 is 1.88 bits per heavy atom. The van der Waals surface area contributed by atoms with Crippen LogP contribution in [0.2, 0.25) is 0 Å². The van der Waals surface area contributed by atoms with Gasteiger partial charge in [0.2, 0.25) is 0 Å². The number of nitrogens with one attached hydrogen (secondary N) is 1. The summed E-state index contributed by atoms with van der Waals surface area (Å²) < 4.78 is 30.4. The van der Waals surface area contributed by atoms with Gasteiger partial charge in [-0.3, -0.25) is 0 Å². The number of hydrogen-bond acceptors (Lipinski definition) is 5. The summed E-state index contributed by atoms with van der Waals surface area (Å²) in [6, 6.07) is 9.27. The van der Waals surface area contributed by atoms with Crippen molar-refractivity contribution in [1.82, 2.24) is 5.32 Å². The summed E-state index contributed by atoms with van der Waals surface area (Å²) in [5, 5.41) is 2.01. The van der Waals surface area contributed by atoms with Crippen LogP contribution in [-0.4, -0.2) is 43.2 Å². The third-order valence-electron chi connectivity index (χ3n) is 4.28. The minimum absolute atomic E-state index is 0.00124. The summed E-state index contributed by atoms with van der Waals surface area (Å²) in [4.78, 5) is 12.2. The third kappa shape index (κ3) is 3.57. The molecule has 0 aromatic heterocycles. The van der Waals surface area contributed by atoms with Crippen LogP contribution in [-0.2, 0) is 14.6 Å². The Bertz CT molecular complexity index is 697. The molecule has 0 radical (unpaired) electrons. The average Bonchev–Trinajstić information content (AvgIpc) is 3.16. The van der Waals surface area contributed by atoms with E-state index in [1.54, 1.807) is 27.7 Å². The minimum Gasteiger partial charge on any atom is -0.444 e. The molecule has 0 bridgehead atoms. The van der Waals surface area contributed by atoms with Crippen molar-refractivity contribution in [3.8, 4) is 0 Å². The predicted molar refractivity (Wildman–Crippen MR) is 93.6 cm³/mol. The van der Waals surface area contributed by atoms with Gasteiger partial charge in [0.25, 0.3) is 0 Å². The molecule has 134 valence electrons. The molecule has 1 aromatic carbocycles. The van der Waals surface area contributed by atoms with Gasteiger partial charge in [0.1, 0.15) is 5.60 Å². The fourth-order valence-electron chi connectivity index (χ4n) is 3.18. The Morgan fingerprint density at radius 3 is 2.33 bits per heavy atom. The highest BCUT2D eigenvalue weighted by Gasteiger charge is 2.71. The van der Waals surface area contributed by atoms with Crippen molar-refractivity contribution in [3.05, 3.63) is 35.9 Å². The first-order valence-electron chi connectivity index (χ1n) is 8.05. The highest BCUT2D eigenvalue weighted by atomic mass is 32.2. The molecular formula is C17H26N2O4S. The second-order valence-electron chi connectivity index (χ2n) is 7.13. The Labute approximate surface area is 143 Å². The van der Waals surface area contributed by atoms with Gasteiger partial charge in [-0.1, -0.05) is 37.3 Å². The number of carbonyl (C=O) groups excluding carboxylic acids is 1. The topological polar surface area (TPSA) is 98.5 Å². The zero-order valence-electron chi connectivity index (χ0n) is 14.6. The summed E-state index contributed by atoms with van der Waals surface area (Å²) in [7, 11) is -3.38. The molecule has 0 unspecified atom stereocenters. The van der Waals surface area contributed by atoms with Gasteiger partial charge in [0.05, 0.1) is 10.8 Å². The number of ether oxygens (including phenoxy) is 1. The number of alkyl carbamates (subject to hydrolysis) is 1. The Kier molecular flexibility index (Phi) is 4.97. The molecule has 1 amide bonds. The fraction of sp³-hybridized carbons (Fsp3) is 0.588. The summed E-state index contributed by atoms with van der Waals surface area (Å²) in [6.07, 6.45) is -0.650. The normalized spacial score (nSPS) is 26.7. The number of hydrogen-bond donors (Lipinski definition) is 2. The highest BCUT2D eigenvalue weighted by molar-refractivity contribution is 7.92. The molecule has 6 nitrogen and oxygen atoms in total. The predicted octanol–water partition coefficient (Wildman–Crippen LogP) is 1.81. The van der Waals surface area contributed by atoms with E-state index in [-0.39, 0.29) is 18.2 Å². The van der Waals surface area contributed by atoms with E-state index >= 15 is 0 Å². The molecule has 0 aliphatic heterocycles. The molecule has 1 aliphatic rings. The zero-order chi connectivity index (χ0) is 18.2. The summed E-state index contributed by atoms with van der Waals surface area (Å²) in [5.74, 6) is -0.375. The van der Waals surface area contributed by atoms with Crippen molar-refractivity contribution in [3.63, 3.8) is 0 Å². The number of amides is 1. The number of nitrogens with two attached hydrogens (primary N) is 1. The highest BCUT2D eigenvalue weighted by Crippen LogP contribution is 2.55. The van der Waals surface area contributed by atoms with Gasteiger partial charge < -0.3 is 15.8 Å². The first-order chi connectivity index (χ1) is 11.1. The zero-order valence-corrected chi connectivity index (χ0v) is 15.4. The molecule has 2 rings (SSSR count). The van der Waals surface area contributed by atoms with Crippen molar-refractivity contribution in [1.29, 1.82) is 0 Å².